The molecule has 2 aromatic rings. The molecule has 0 radical (unpaired) electrons. The van der Waals surface area contributed by atoms with Gasteiger partial charge in [-0.25, -0.2) is 0 Å². The number of aryl methyl sites for hydroxylation is 2. The number of nitrogens with two attached hydrogens (primary N) is 1. The first kappa shape index (κ1) is 12.3. The summed E-state index contributed by atoms with van der Waals surface area (Å²) in [5.41, 5.74) is 9.63. The lowest BCUT2D eigenvalue weighted by Gasteiger charge is -2.14. The zero-order valence-electron chi connectivity index (χ0n) is 10.0. The maximum absolute atomic E-state index is 6.27. The quantitative estimate of drug-likeness (QED) is 0.945. The second-order valence-corrected chi connectivity index (χ2v) is 4.91. The Morgan fingerprint density at radius 1 is 1.41 bits per heavy atom. The third-order valence-electron chi connectivity index (χ3n) is 2.92. The summed E-state index contributed by atoms with van der Waals surface area (Å²) in [7, 11) is 0. The average molecular weight is 294 g/mol. The number of hydrogen-bond acceptors (Lipinski definition) is 2. The van der Waals surface area contributed by atoms with Crippen molar-refractivity contribution in [3.8, 4) is 0 Å². The predicted octanol–water partition coefficient (Wildman–Crippen LogP) is 3.02. The van der Waals surface area contributed by atoms with Crippen LogP contribution in [0.4, 0.5) is 0 Å². The molecule has 3 nitrogen and oxygen atoms in total. The minimum Gasteiger partial charge on any atom is -0.319 e. The van der Waals surface area contributed by atoms with Gasteiger partial charge in [0.05, 0.1) is 11.7 Å². The second-order valence-electron chi connectivity index (χ2n) is 4.06. The van der Waals surface area contributed by atoms with Gasteiger partial charge in [-0.3, -0.25) is 4.68 Å². The third-order valence-corrected chi connectivity index (χ3v) is 3.78. The molecule has 17 heavy (non-hydrogen) atoms. The van der Waals surface area contributed by atoms with Crippen LogP contribution in [0.25, 0.3) is 0 Å². The standard InChI is InChI=1S/C13H16BrN3/c1-3-17-12(6-7-16-17)13(15)10-5-4-9(2)11(14)8-10/h4-8,13H,3,15H2,1-2H3. The van der Waals surface area contributed by atoms with E-state index in [1.165, 1.54) is 5.56 Å². The van der Waals surface area contributed by atoms with Crippen molar-refractivity contribution in [2.45, 2.75) is 26.4 Å². The van der Waals surface area contributed by atoms with Gasteiger partial charge in [-0.05, 0) is 37.1 Å². The molecule has 0 amide bonds. The van der Waals surface area contributed by atoms with Gasteiger partial charge in [0, 0.05) is 17.2 Å². The number of hydrogen-bond donors (Lipinski definition) is 1. The minimum atomic E-state index is -0.130. The molecule has 1 unspecified atom stereocenters. The van der Waals surface area contributed by atoms with Crippen molar-refractivity contribution < 1.29 is 0 Å². The van der Waals surface area contributed by atoms with Crippen molar-refractivity contribution in [3.63, 3.8) is 0 Å². The zero-order chi connectivity index (χ0) is 12.4. The fourth-order valence-corrected chi connectivity index (χ4v) is 2.24. The van der Waals surface area contributed by atoms with E-state index >= 15 is 0 Å². The van der Waals surface area contributed by atoms with Crippen molar-refractivity contribution in [1.29, 1.82) is 0 Å². The Bertz CT molecular complexity index is 519. The molecular formula is C13H16BrN3. The van der Waals surface area contributed by atoms with Crippen LogP contribution in [-0.2, 0) is 6.54 Å². The molecule has 1 aromatic heterocycles. The first-order valence-corrected chi connectivity index (χ1v) is 6.46. The van der Waals surface area contributed by atoms with Crippen LogP contribution in [0.3, 0.4) is 0 Å². The Hall–Kier alpha value is -1.13. The summed E-state index contributed by atoms with van der Waals surface area (Å²) in [5.74, 6) is 0. The third kappa shape index (κ3) is 2.42. The van der Waals surface area contributed by atoms with Gasteiger partial charge in [-0.2, -0.15) is 5.10 Å². The van der Waals surface area contributed by atoms with Crippen LogP contribution in [0.2, 0.25) is 0 Å². The van der Waals surface area contributed by atoms with E-state index < -0.39 is 0 Å². The molecule has 0 bridgehead atoms. The van der Waals surface area contributed by atoms with Crippen LogP contribution in [0, 0.1) is 6.92 Å². The summed E-state index contributed by atoms with van der Waals surface area (Å²) in [6, 6.07) is 8.06. The molecule has 2 N–H and O–H groups in total. The van der Waals surface area contributed by atoms with Gasteiger partial charge >= 0.3 is 0 Å². The highest BCUT2D eigenvalue weighted by Gasteiger charge is 2.13. The maximum atomic E-state index is 6.27. The normalized spacial score (nSPS) is 12.7. The monoisotopic (exact) mass is 293 g/mol. The molecule has 0 spiro atoms. The van der Waals surface area contributed by atoms with Crippen molar-refractivity contribution in [3.05, 3.63) is 51.8 Å². The number of halogens is 1. The summed E-state index contributed by atoms with van der Waals surface area (Å²) in [4.78, 5) is 0. The molecule has 90 valence electrons. The fourth-order valence-electron chi connectivity index (χ4n) is 1.84. The summed E-state index contributed by atoms with van der Waals surface area (Å²) in [5, 5.41) is 4.25. The Balaban J connectivity index is 2.36. The molecule has 0 aliphatic rings. The summed E-state index contributed by atoms with van der Waals surface area (Å²) in [6.07, 6.45) is 1.79. The average Bonchev–Trinajstić information content (AvgIpc) is 2.80. The van der Waals surface area contributed by atoms with Gasteiger partial charge < -0.3 is 5.73 Å². The lowest BCUT2D eigenvalue weighted by atomic mass is 10.0. The first-order valence-electron chi connectivity index (χ1n) is 5.66. The van der Waals surface area contributed by atoms with Gasteiger partial charge in [0.25, 0.3) is 0 Å². The lowest BCUT2D eigenvalue weighted by Crippen LogP contribution is -2.17. The van der Waals surface area contributed by atoms with Gasteiger partial charge in [-0.1, -0.05) is 28.1 Å². The summed E-state index contributed by atoms with van der Waals surface area (Å²) >= 11 is 3.54. The summed E-state index contributed by atoms with van der Waals surface area (Å²) < 4.78 is 3.02. The topological polar surface area (TPSA) is 43.8 Å². The van der Waals surface area contributed by atoms with E-state index in [0.29, 0.717) is 0 Å². The summed E-state index contributed by atoms with van der Waals surface area (Å²) in [6.45, 7) is 4.97. The van der Waals surface area contributed by atoms with Crippen molar-refractivity contribution in [1.82, 2.24) is 9.78 Å². The highest BCUT2D eigenvalue weighted by molar-refractivity contribution is 9.10. The number of nitrogens with zero attached hydrogens (tertiary/aromatic N) is 2. The molecule has 0 fully saturated rings. The van der Waals surface area contributed by atoms with Crippen molar-refractivity contribution >= 4 is 15.9 Å². The van der Waals surface area contributed by atoms with E-state index in [1.54, 1.807) is 6.20 Å². The van der Waals surface area contributed by atoms with E-state index in [-0.39, 0.29) is 6.04 Å². The van der Waals surface area contributed by atoms with Crippen molar-refractivity contribution in [2.24, 2.45) is 5.73 Å². The van der Waals surface area contributed by atoms with Gasteiger partial charge in [-0.15, -0.1) is 0 Å². The molecule has 2 rings (SSSR count). The number of rotatable bonds is 3. The van der Waals surface area contributed by atoms with Crippen LogP contribution < -0.4 is 5.73 Å². The van der Waals surface area contributed by atoms with Crippen LogP contribution in [-0.4, -0.2) is 9.78 Å². The first-order chi connectivity index (χ1) is 8.13. The molecule has 0 saturated heterocycles. The van der Waals surface area contributed by atoms with Crippen LogP contribution in [0.15, 0.2) is 34.9 Å². The van der Waals surface area contributed by atoms with Gasteiger partial charge in [0.1, 0.15) is 0 Å². The van der Waals surface area contributed by atoms with Crippen LogP contribution in [0.5, 0.6) is 0 Å². The zero-order valence-corrected chi connectivity index (χ0v) is 11.6. The molecule has 4 heteroatoms. The van der Waals surface area contributed by atoms with Crippen molar-refractivity contribution in [2.75, 3.05) is 0 Å². The van der Waals surface area contributed by atoms with Gasteiger partial charge in [0.2, 0.25) is 0 Å². The van der Waals surface area contributed by atoms with E-state index in [9.17, 15) is 0 Å². The highest BCUT2D eigenvalue weighted by atomic mass is 79.9. The second kappa shape index (κ2) is 5.02. The molecular weight excluding hydrogens is 278 g/mol. The molecule has 1 heterocycles. The largest absolute Gasteiger partial charge is 0.319 e. The van der Waals surface area contributed by atoms with E-state index in [2.05, 4.69) is 53.1 Å². The Kier molecular flexibility index (Phi) is 3.64. The Labute approximate surface area is 110 Å². The number of aromatic nitrogens is 2. The molecule has 1 atom stereocenters. The van der Waals surface area contributed by atoms with Crippen LogP contribution >= 0.6 is 15.9 Å². The molecule has 0 aliphatic heterocycles. The fraction of sp³-hybridized carbons (Fsp3) is 0.308. The van der Waals surface area contributed by atoms with Crippen LogP contribution in [0.1, 0.15) is 29.8 Å². The van der Waals surface area contributed by atoms with Gasteiger partial charge in [0.15, 0.2) is 0 Å². The molecule has 0 saturated carbocycles. The highest BCUT2D eigenvalue weighted by Crippen LogP contribution is 2.24. The van der Waals surface area contributed by atoms with E-state index in [0.717, 1.165) is 22.3 Å². The smallest absolute Gasteiger partial charge is 0.0723 e. The number of benzene rings is 1. The maximum Gasteiger partial charge on any atom is 0.0723 e. The van der Waals surface area contributed by atoms with E-state index in [4.69, 9.17) is 5.73 Å². The molecule has 1 aromatic carbocycles. The Morgan fingerprint density at radius 2 is 2.18 bits per heavy atom. The lowest BCUT2D eigenvalue weighted by molar-refractivity contribution is 0.601. The predicted molar refractivity (Wildman–Crippen MR) is 72.8 cm³/mol. The Morgan fingerprint density at radius 3 is 2.82 bits per heavy atom. The SMILES string of the molecule is CCn1nccc1C(N)c1ccc(C)c(Br)c1. The molecule has 0 aliphatic carbocycles. The minimum absolute atomic E-state index is 0.130. The van der Waals surface area contributed by atoms with E-state index in [1.807, 2.05) is 10.7 Å².